The summed E-state index contributed by atoms with van der Waals surface area (Å²) in [5, 5.41) is 11.8. The zero-order valence-corrected chi connectivity index (χ0v) is 17.7. The van der Waals surface area contributed by atoms with E-state index in [1.165, 1.54) is 18.2 Å². The smallest absolute Gasteiger partial charge is 0.335 e. The van der Waals surface area contributed by atoms with Crippen molar-refractivity contribution in [1.82, 2.24) is 10.2 Å². The van der Waals surface area contributed by atoms with E-state index >= 15 is 0 Å². The second-order valence-electron chi connectivity index (χ2n) is 6.59. The number of nitrogens with zero attached hydrogens (tertiary/aromatic N) is 1. The molecule has 0 spiro atoms. The molecular formula is C22H21ClN2O6. The third-order valence-corrected chi connectivity index (χ3v) is 4.79. The van der Waals surface area contributed by atoms with Crippen molar-refractivity contribution in [2.75, 3.05) is 13.2 Å². The molecule has 1 aliphatic rings. The van der Waals surface area contributed by atoms with Crippen LogP contribution in [0, 0.1) is 0 Å². The zero-order chi connectivity index (χ0) is 22.5. The number of amides is 3. The van der Waals surface area contributed by atoms with Crippen molar-refractivity contribution in [3.05, 3.63) is 63.8 Å². The lowest BCUT2D eigenvalue weighted by Gasteiger charge is -2.15. The lowest BCUT2D eigenvalue weighted by molar-refractivity contribution is -0.122. The van der Waals surface area contributed by atoms with Gasteiger partial charge >= 0.3 is 12.0 Å². The van der Waals surface area contributed by atoms with Gasteiger partial charge in [0.2, 0.25) is 0 Å². The summed E-state index contributed by atoms with van der Waals surface area (Å²) in [5.41, 5.74) is 1.66. The molecule has 0 atom stereocenters. The van der Waals surface area contributed by atoms with Gasteiger partial charge in [0.1, 0.15) is 12.3 Å². The Hall–Kier alpha value is -3.52. The number of rotatable bonds is 8. The highest BCUT2D eigenvalue weighted by molar-refractivity contribution is 6.32. The van der Waals surface area contributed by atoms with Crippen LogP contribution in [-0.4, -0.2) is 41.1 Å². The standard InChI is InChI=1S/C22H21ClN2O6/c1-3-25-20(26)17(24-22(25)29)10-14-9-16(23)19(18(11-14)30-4-2)31-12-13-5-7-15(8-6-13)21(27)28/h5-11H,3-4,12H2,1-2H3,(H,24,29)(H,27,28)/b17-10+. The van der Waals surface area contributed by atoms with Gasteiger partial charge in [-0.05, 0) is 55.3 Å². The number of aromatic carboxylic acids is 1. The van der Waals surface area contributed by atoms with Crippen molar-refractivity contribution >= 4 is 35.6 Å². The van der Waals surface area contributed by atoms with Crippen LogP contribution in [-0.2, 0) is 11.4 Å². The SMILES string of the molecule is CCOc1cc(/C=C2/NC(=O)N(CC)C2=O)cc(Cl)c1OCc1ccc(C(=O)O)cc1. The average Bonchev–Trinajstić information content (AvgIpc) is 3.00. The second-order valence-corrected chi connectivity index (χ2v) is 7.00. The van der Waals surface area contributed by atoms with Crippen LogP contribution in [0.15, 0.2) is 42.1 Å². The molecule has 0 bridgehead atoms. The first-order valence-electron chi connectivity index (χ1n) is 9.60. The van der Waals surface area contributed by atoms with Crippen LogP contribution in [0.5, 0.6) is 11.5 Å². The number of halogens is 1. The van der Waals surface area contributed by atoms with Gasteiger partial charge in [0.15, 0.2) is 11.5 Å². The van der Waals surface area contributed by atoms with Crippen molar-refractivity contribution < 1.29 is 29.0 Å². The van der Waals surface area contributed by atoms with Gasteiger partial charge in [-0.3, -0.25) is 9.69 Å². The number of carboxylic acid groups (broad SMARTS) is 1. The molecule has 3 rings (SSSR count). The Balaban J connectivity index is 1.83. The van der Waals surface area contributed by atoms with Crippen molar-refractivity contribution in [3.63, 3.8) is 0 Å². The van der Waals surface area contributed by atoms with Crippen LogP contribution in [0.4, 0.5) is 4.79 Å². The fourth-order valence-electron chi connectivity index (χ4n) is 3.00. The van der Waals surface area contributed by atoms with E-state index in [9.17, 15) is 14.4 Å². The van der Waals surface area contributed by atoms with Crippen molar-refractivity contribution in [2.24, 2.45) is 0 Å². The normalized spacial score (nSPS) is 14.7. The molecule has 1 fully saturated rings. The number of hydrogen-bond acceptors (Lipinski definition) is 5. The molecule has 0 aromatic heterocycles. The summed E-state index contributed by atoms with van der Waals surface area (Å²) in [6.07, 6.45) is 1.53. The van der Waals surface area contributed by atoms with Crippen LogP contribution in [0.2, 0.25) is 5.02 Å². The molecule has 162 valence electrons. The topological polar surface area (TPSA) is 105 Å². The maximum Gasteiger partial charge on any atom is 0.335 e. The van der Waals surface area contributed by atoms with E-state index in [0.29, 0.717) is 23.7 Å². The largest absolute Gasteiger partial charge is 0.490 e. The van der Waals surface area contributed by atoms with Gasteiger partial charge < -0.3 is 19.9 Å². The first-order valence-corrected chi connectivity index (χ1v) is 9.97. The number of urea groups is 1. The maximum atomic E-state index is 12.3. The Bertz CT molecular complexity index is 1050. The highest BCUT2D eigenvalue weighted by Crippen LogP contribution is 2.38. The van der Waals surface area contributed by atoms with Crippen LogP contribution in [0.1, 0.15) is 35.3 Å². The average molecular weight is 445 g/mol. The Labute approximate surface area is 184 Å². The van der Waals surface area contributed by atoms with Gasteiger partial charge in [-0.15, -0.1) is 0 Å². The number of benzene rings is 2. The van der Waals surface area contributed by atoms with Crippen LogP contribution >= 0.6 is 11.6 Å². The lowest BCUT2D eigenvalue weighted by atomic mass is 10.1. The summed E-state index contributed by atoms with van der Waals surface area (Å²) in [4.78, 5) is 36.2. The minimum atomic E-state index is -1.00. The fraction of sp³-hybridized carbons (Fsp3) is 0.227. The number of nitrogens with one attached hydrogen (secondary N) is 1. The maximum absolute atomic E-state index is 12.3. The highest BCUT2D eigenvalue weighted by Gasteiger charge is 2.32. The minimum absolute atomic E-state index is 0.151. The summed E-state index contributed by atoms with van der Waals surface area (Å²) in [5.74, 6) is -0.706. The lowest BCUT2D eigenvalue weighted by Crippen LogP contribution is -2.30. The van der Waals surface area contributed by atoms with Gasteiger partial charge in [0, 0.05) is 6.54 Å². The molecule has 8 nitrogen and oxygen atoms in total. The third kappa shape index (κ3) is 4.97. The molecule has 31 heavy (non-hydrogen) atoms. The summed E-state index contributed by atoms with van der Waals surface area (Å²) in [6, 6.07) is 9.10. The van der Waals surface area contributed by atoms with Gasteiger partial charge in [-0.1, -0.05) is 23.7 Å². The summed E-state index contributed by atoms with van der Waals surface area (Å²) in [7, 11) is 0. The predicted octanol–water partition coefficient (Wildman–Crippen LogP) is 3.93. The molecule has 0 unspecified atom stereocenters. The number of likely N-dealkylation sites (N-methyl/N-ethyl adjacent to an activating group) is 1. The summed E-state index contributed by atoms with van der Waals surface area (Å²) >= 11 is 6.42. The predicted molar refractivity (Wildman–Crippen MR) is 114 cm³/mol. The van der Waals surface area contributed by atoms with E-state index in [1.54, 1.807) is 31.2 Å². The van der Waals surface area contributed by atoms with Gasteiger partial charge in [0.05, 0.1) is 17.2 Å². The van der Waals surface area contributed by atoms with E-state index in [-0.39, 0.29) is 29.4 Å². The molecule has 0 radical (unpaired) electrons. The molecule has 2 aromatic carbocycles. The first-order chi connectivity index (χ1) is 14.8. The van der Waals surface area contributed by atoms with Gasteiger partial charge in [-0.2, -0.15) is 0 Å². The fourth-order valence-corrected chi connectivity index (χ4v) is 3.27. The minimum Gasteiger partial charge on any atom is -0.490 e. The summed E-state index contributed by atoms with van der Waals surface area (Å²) < 4.78 is 11.5. The van der Waals surface area contributed by atoms with Crippen molar-refractivity contribution in [1.29, 1.82) is 0 Å². The van der Waals surface area contributed by atoms with Crippen molar-refractivity contribution in [3.8, 4) is 11.5 Å². The molecular weight excluding hydrogens is 424 g/mol. The second kappa shape index (κ2) is 9.53. The van der Waals surface area contributed by atoms with E-state index < -0.39 is 17.9 Å². The number of hydrogen-bond donors (Lipinski definition) is 2. The number of carboxylic acids is 1. The number of ether oxygens (including phenoxy) is 2. The number of carbonyl (C=O) groups excluding carboxylic acids is 2. The Morgan fingerprint density at radius 1 is 1.16 bits per heavy atom. The monoisotopic (exact) mass is 444 g/mol. The van der Waals surface area contributed by atoms with E-state index in [1.807, 2.05) is 6.92 Å². The van der Waals surface area contributed by atoms with Crippen molar-refractivity contribution in [2.45, 2.75) is 20.5 Å². The molecule has 0 aliphatic carbocycles. The Morgan fingerprint density at radius 2 is 1.87 bits per heavy atom. The zero-order valence-electron chi connectivity index (χ0n) is 17.0. The number of imide groups is 1. The molecule has 1 heterocycles. The van der Waals surface area contributed by atoms with Gasteiger partial charge in [0.25, 0.3) is 5.91 Å². The van der Waals surface area contributed by atoms with E-state index in [4.69, 9.17) is 26.2 Å². The molecule has 1 saturated heterocycles. The number of carbonyl (C=O) groups is 3. The third-order valence-electron chi connectivity index (χ3n) is 4.51. The van der Waals surface area contributed by atoms with E-state index in [0.717, 1.165) is 10.5 Å². The molecule has 2 aromatic rings. The molecule has 3 amide bonds. The Kier molecular flexibility index (Phi) is 6.81. The van der Waals surface area contributed by atoms with E-state index in [2.05, 4.69) is 5.32 Å². The molecule has 1 aliphatic heterocycles. The molecule has 9 heteroatoms. The quantitative estimate of drug-likeness (QED) is 0.472. The highest BCUT2D eigenvalue weighted by atomic mass is 35.5. The molecule has 0 saturated carbocycles. The van der Waals surface area contributed by atoms with Crippen LogP contribution in [0.25, 0.3) is 6.08 Å². The Morgan fingerprint density at radius 3 is 2.45 bits per heavy atom. The first kappa shape index (κ1) is 22.2. The summed E-state index contributed by atoms with van der Waals surface area (Å²) in [6.45, 7) is 4.31. The van der Waals surface area contributed by atoms with Gasteiger partial charge in [-0.25, -0.2) is 9.59 Å². The van der Waals surface area contributed by atoms with Crippen LogP contribution < -0.4 is 14.8 Å². The van der Waals surface area contributed by atoms with Crippen LogP contribution in [0.3, 0.4) is 0 Å². The molecule has 2 N–H and O–H groups in total.